The van der Waals surface area contributed by atoms with Gasteiger partial charge in [0.05, 0.1) is 18.8 Å². The van der Waals surface area contributed by atoms with Crippen LogP contribution in [0.4, 0.5) is 10.5 Å². The first-order valence-corrected chi connectivity index (χ1v) is 15.1. The smallest absolute Gasteiger partial charge is 0.322 e. The standard InChI is InChI=1S/C32H41BrN4O3/c1-4-40-30-15-9-8-14-29(30)34-32(39)36(24(2)3)23-31(38)37(27-11-6-5-7-12-27)22-28-13-10-20-35(28)21-25-16-18-26(33)19-17-25/h8-10,13-20,24,27H,4-7,11-12,21-23H2,1-3H3,(H,34,39). The molecule has 8 heteroatoms. The maximum atomic E-state index is 14.0. The molecule has 0 saturated heterocycles. The van der Waals surface area contributed by atoms with Gasteiger partial charge >= 0.3 is 6.03 Å². The highest BCUT2D eigenvalue weighted by molar-refractivity contribution is 9.10. The van der Waals surface area contributed by atoms with E-state index in [1.807, 2.05) is 56.0 Å². The molecule has 0 aliphatic heterocycles. The first kappa shape index (κ1) is 29.7. The molecule has 1 heterocycles. The summed E-state index contributed by atoms with van der Waals surface area (Å²) in [5.74, 6) is 0.592. The molecular weight excluding hydrogens is 568 g/mol. The Labute approximate surface area is 246 Å². The summed E-state index contributed by atoms with van der Waals surface area (Å²) in [5.41, 5.74) is 2.89. The molecule has 214 valence electrons. The van der Waals surface area contributed by atoms with Gasteiger partial charge in [0.1, 0.15) is 12.3 Å². The van der Waals surface area contributed by atoms with Crippen LogP contribution in [0.15, 0.2) is 71.3 Å². The number of urea groups is 1. The molecule has 4 rings (SSSR count). The van der Waals surface area contributed by atoms with Gasteiger partial charge in [0, 0.05) is 35.0 Å². The SMILES string of the molecule is CCOc1ccccc1NC(=O)N(CC(=O)N(Cc1cccn1Cc1ccc(Br)cc1)C1CCCCC1)C(C)C. The zero-order valence-corrected chi connectivity index (χ0v) is 25.4. The van der Waals surface area contributed by atoms with Crippen molar-refractivity contribution in [3.63, 3.8) is 0 Å². The first-order chi connectivity index (χ1) is 19.4. The number of nitrogens with one attached hydrogen (secondary N) is 1. The molecule has 3 aromatic rings. The normalized spacial score (nSPS) is 13.7. The van der Waals surface area contributed by atoms with E-state index < -0.39 is 0 Å². The maximum absolute atomic E-state index is 14.0. The summed E-state index contributed by atoms with van der Waals surface area (Å²) in [4.78, 5) is 31.0. The molecule has 1 fully saturated rings. The number of carbonyl (C=O) groups excluding carboxylic acids is 2. The lowest BCUT2D eigenvalue weighted by Gasteiger charge is -2.37. The molecule has 0 radical (unpaired) electrons. The molecule has 2 aromatic carbocycles. The Kier molecular flexibility index (Phi) is 10.7. The maximum Gasteiger partial charge on any atom is 0.322 e. The number of carbonyl (C=O) groups is 2. The fourth-order valence-corrected chi connectivity index (χ4v) is 5.55. The van der Waals surface area contributed by atoms with Crippen LogP contribution in [0.2, 0.25) is 0 Å². The molecule has 1 N–H and O–H groups in total. The van der Waals surface area contributed by atoms with Crippen LogP contribution in [-0.4, -0.2) is 51.5 Å². The fraction of sp³-hybridized carbons (Fsp3) is 0.438. The summed E-state index contributed by atoms with van der Waals surface area (Å²) in [5, 5.41) is 2.97. The predicted octanol–water partition coefficient (Wildman–Crippen LogP) is 7.30. The molecule has 0 spiro atoms. The molecule has 7 nitrogen and oxygen atoms in total. The van der Waals surface area contributed by atoms with Crippen LogP contribution in [0.25, 0.3) is 0 Å². The monoisotopic (exact) mass is 608 g/mol. The minimum atomic E-state index is -0.308. The Bertz CT molecular complexity index is 1250. The minimum Gasteiger partial charge on any atom is -0.492 e. The molecule has 1 saturated carbocycles. The highest BCUT2D eigenvalue weighted by Gasteiger charge is 2.30. The summed E-state index contributed by atoms with van der Waals surface area (Å²) in [6.07, 6.45) is 7.51. The minimum absolute atomic E-state index is 0.0181. The van der Waals surface area contributed by atoms with E-state index in [1.165, 1.54) is 12.0 Å². The Morgan fingerprint density at radius 2 is 1.75 bits per heavy atom. The van der Waals surface area contributed by atoms with E-state index in [4.69, 9.17) is 4.74 Å². The average Bonchev–Trinajstić information content (AvgIpc) is 3.39. The van der Waals surface area contributed by atoms with E-state index in [9.17, 15) is 9.59 Å². The lowest BCUT2D eigenvalue weighted by atomic mass is 9.94. The quantitative estimate of drug-likeness (QED) is 0.248. The van der Waals surface area contributed by atoms with Gasteiger partial charge < -0.3 is 24.4 Å². The van der Waals surface area contributed by atoms with Gasteiger partial charge in [-0.05, 0) is 75.6 Å². The molecule has 1 aliphatic rings. The molecule has 1 aliphatic carbocycles. The highest BCUT2D eigenvalue weighted by Crippen LogP contribution is 2.27. The molecule has 0 unspecified atom stereocenters. The van der Waals surface area contributed by atoms with Crippen molar-refractivity contribution in [2.45, 2.75) is 78.0 Å². The van der Waals surface area contributed by atoms with Gasteiger partial charge in [0.25, 0.3) is 0 Å². The Hall–Kier alpha value is -3.26. The summed E-state index contributed by atoms with van der Waals surface area (Å²) in [7, 11) is 0. The average molecular weight is 610 g/mol. The molecular formula is C32H41BrN4O3. The van der Waals surface area contributed by atoms with Crippen LogP contribution in [0.1, 0.15) is 64.1 Å². The number of benzene rings is 2. The van der Waals surface area contributed by atoms with Crippen molar-refractivity contribution in [2.75, 3.05) is 18.5 Å². The van der Waals surface area contributed by atoms with Crippen LogP contribution in [0.5, 0.6) is 5.75 Å². The van der Waals surface area contributed by atoms with E-state index >= 15 is 0 Å². The number of para-hydroxylation sites is 2. The number of aromatic nitrogens is 1. The number of ether oxygens (including phenoxy) is 1. The summed E-state index contributed by atoms with van der Waals surface area (Å²) < 4.78 is 8.95. The predicted molar refractivity (Wildman–Crippen MR) is 164 cm³/mol. The third-order valence-corrected chi connectivity index (χ3v) is 8.00. The lowest BCUT2D eigenvalue weighted by molar-refractivity contribution is -0.136. The third-order valence-electron chi connectivity index (χ3n) is 7.48. The highest BCUT2D eigenvalue weighted by atomic mass is 79.9. The number of rotatable bonds is 11. The Morgan fingerprint density at radius 3 is 2.45 bits per heavy atom. The van der Waals surface area contributed by atoms with Gasteiger partial charge in [-0.3, -0.25) is 4.79 Å². The first-order valence-electron chi connectivity index (χ1n) is 14.3. The number of hydrogen-bond acceptors (Lipinski definition) is 3. The van der Waals surface area contributed by atoms with Crippen molar-refractivity contribution in [2.24, 2.45) is 0 Å². The molecule has 40 heavy (non-hydrogen) atoms. The van der Waals surface area contributed by atoms with Crippen LogP contribution in [0, 0.1) is 0 Å². The molecule has 1 aromatic heterocycles. The molecule has 0 atom stereocenters. The lowest BCUT2D eigenvalue weighted by Crippen LogP contribution is -2.50. The molecule has 0 bridgehead atoms. The number of hydrogen-bond donors (Lipinski definition) is 1. The second-order valence-electron chi connectivity index (χ2n) is 10.6. The van der Waals surface area contributed by atoms with Gasteiger partial charge in [0.2, 0.25) is 5.91 Å². The largest absolute Gasteiger partial charge is 0.492 e. The van der Waals surface area contributed by atoms with Crippen LogP contribution in [0.3, 0.4) is 0 Å². The number of anilines is 1. The number of halogens is 1. The Morgan fingerprint density at radius 1 is 1.02 bits per heavy atom. The van der Waals surface area contributed by atoms with Crippen molar-refractivity contribution in [3.05, 3.63) is 82.6 Å². The van der Waals surface area contributed by atoms with Gasteiger partial charge in [-0.15, -0.1) is 0 Å². The summed E-state index contributed by atoms with van der Waals surface area (Å²) in [6.45, 7) is 7.57. The third kappa shape index (κ3) is 7.90. The Balaban J connectivity index is 1.51. The van der Waals surface area contributed by atoms with Gasteiger partial charge in [-0.1, -0.05) is 59.5 Å². The second-order valence-corrected chi connectivity index (χ2v) is 11.6. The van der Waals surface area contributed by atoms with Crippen LogP contribution >= 0.6 is 15.9 Å². The fourth-order valence-electron chi connectivity index (χ4n) is 5.29. The van der Waals surface area contributed by atoms with Crippen LogP contribution < -0.4 is 10.1 Å². The zero-order chi connectivity index (χ0) is 28.5. The van der Waals surface area contributed by atoms with Crippen molar-refractivity contribution in [3.8, 4) is 5.75 Å². The van der Waals surface area contributed by atoms with Crippen molar-refractivity contribution in [1.29, 1.82) is 0 Å². The van der Waals surface area contributed by atoms with E-state index in [-0.39, 0.29) is 30.6 Å². The number of amides is 3. The van der Waals surface area contributed by atoms with Crippen molar-refractivity contribution >= 4 is 33.6 Å². The van der Waals surface area contributed by atoms with E-state index in [0.29, 0.717) is 24.6 Å². The number of nitrogens with zero attached hydrogens (tertiary/aromatic N) is 3. The van der Waals surface area contributed by atoms with E-state index in [1.54, 1.807) is 4.90 Å². The van der Waals surface area contributed by atoms with Gasteiger partial charge in [-0.25, -0.2) is 4.79 Å². The summed E-state index contributed by atoms with van der Waals surface area (Å²) in [6, 6.07) is 19.6. The zero-order valence-electron chi connectivity index (χ0n) is 23.8. The van der Waals surface area contributed by atoms with E-state index in [0.717, 1.165) is 42.4 Å². The topological polar surface area (TPSA) is 66.8 Å². The summed E-state index contributed by atoms with van der Waals surface area (Å²) >= 11 is 3.51. The van der Waals surface area contributed by atoms with Gasteiger partial charge in [-0.2, -0.15) is 0 Å². The van der Waals surface area contributed by atoms with Crippen molar-refractivity contribution in [1.82, 2.24) is 14.4 Å². The molecule has 3 amide bonds. The second kappa shape index (κ2) is 14.4. The van der Waals surface area contributed by atoms with E-state index in [2.05, 4.69) is 62.3 Å². The van der Waals surface area contributed by atoms with Gasteiger partial charge in [0.15, 0.2) is 0 Å². The van der Waals surface area contributed by atoms with Crippen LogP contribution in [-0.2, 0) is 17.9 Å². The van der Waals surface area contributed by atoms with Crippen molar-refractivity contribution < 1.29 is 14.3 Å².